The molecule has 0 aliphatic carbocycles. The third kappa shape index (κ3) is 2.56. The summed E-state index contributed by atoms with van der Waals surface area (Å²) in [4.78, 5) is 0. The first kappa shape index (κ1) is 6.88. The molecule has 0 unspecified atom stereocenters. The monoisotopic (exact) mass is 105 g/mol. The minimum Gasteiger partial charge on any atom is -0.347 e. The van der Waals surface area contributed by atoms with E-state index in [1.807, 2.05) is 0 Å². The fourth-order valence-electron chi connectivity index (χ4n) is 0.0447. The van der Waals surface area contributed by atoms with Crippen molar-refractivity contribution in [2.45, 2.75) is 0 Å². The van der Waals surface area contributed by atoms with E-state index in [2.05, 4.69) is 7.05 Å². The van der Waals surface area contributed by atoms with Crippen LogP contribution >= 0.6 is 0 Å². The van der Waals surface area contributed by atoms with E-state index in [0.717, 1.165) is 0 Å². The molecule has 0 aromatic rings. The van der Waals surface area contributed by atoms with Gasteiger partial charge in [0.15, 0.2) is 13.5 Å². The van der Waals surface area contributed by atoms with E-state index in [0.29, 0.717) is 0 Å². The van der Waals surface area contributed by atoms with Crippen molar-refractivity contribution in [1.82, 2.24) is 0 Å². The molecule has 0 heterocycles. The maximum absolute atomic E-state index is 8.34. The van der Waals surface area contributed by atoms with Crippen molar-refractivity contribution >= 4 is 0 Å². The van der Waals surface area contributed by atoms with Crippen molar-refractivity contribution in [3.05, 3.63) is 7.05 Å². The van der Waals surface area contributed by atoms with Gasteiger partial charge >= 0.3 is 0 Å². The van der Waals surface area contributed by atoms with Gasteiger partial charge in [-0.15, -0.1) is 0 Å². The maximum Gasteiger partial charge on any atom is 0.182 e. The lowest BCUT2D eigenvalue weighted by atomic mass is 10.7. The molecule has 2 N–H and O–H groups in total. The highest BCUT2D eigenvalue weighted by atomic mass is 16.3. The van der Waals surface area contributed by atoms with Crippen LogP contribution in [0.25, 0.3) is 0 Å². The van der Waals surface area contributed by atoms with Crippen molar-refractivity contribution < 1.29 is 14.7 Å². The summed E-state index contributed by atoms with van der Waals surface area (Å²) in [7, 11) is 5.07. The molecule has 43 valence electrons. The summed E-state index contributed by atoms with van der Waals surface area (Å²) in [6.07, 6.45) is 0. The number of hydrogen-bond acceptors (Lipinski definition) is 2. The Balaban J connectivity index is 3.36. The third-order valence-electron chi connectivity index (χ3n) is 0.683. The number of aliphatic hydroxyl groups excluding tert-OH is 2. The minimum absolute atomic E-state index is 0. The van der Waals surface area contributed by atoms with E-state index < -0.39 is 0 Å². The standard InChI is InChI=1S/C4H11NO2/c1-5(2,3-6)4-7/h6-7H,1,3-4H2,2H3/q+1. The van der Waals surface area contributed by atoms with Crippen molar-refractivity contribution in [3.63, 3.8) is 0 Å². The van der Waals surface area contributed by atoms with E-state index >= 15 is 0 Å². The van der Waals surface area contributed by atoms with Crippen LogP contribution < -0.4 is 0 Å². The highest BCUT2D eigenvalue weighted by Crippen LogP contribution is 1.90. The van der Waals surface area contributed by atoms with Crippen LogP contribution in [0.1, 0.15) is 0 Å². The van der Waals surface area contributed by atoms with Gasteiger partial charge in [-0.2, -0.15) is 0 Å². The number of quaternary nitrogens is 1. The van der Waals surface area contributed by atoms with Gasteiger partial charge in [0.1, 0.15) is 7.05 Å². The third-order valence-corrected chi connectivity index (χ3v) is 0.683. The molecule has 0 rings (SSSR count). The predicted molar refractivity (Wildman–Crippen MR) is 25.7 cm³/mol. The number of hydrogen-bond donors (Lipinski definition) is 2. The smallest absolute Gasteiger partial charge is 0.182 e. The van der Waals surface area contributed by atoms with Gasteiger partial charge < -0.3 is 10.2 Å². The van der Waals surface area contributed by atoms with E-state index in [4.69, 9.17) is 10.2 Å². The van der Waals surface area contributed by atoms with Gasteiger partial charge in [-0.05, 0) is 0 Å². The van der Waals surface area contributed by atoms with Gasteiger partial charge in [-0.3, -0.25) is 4.48 Å². The number of rotatable bonds is 2. The molecule has 1 radical (unpaired) electrons. The van der Waals surface area contributed by atoms with E-state index in [1.54, 1.807) is 7.05 Å². The van der Waals surface area contributed by atoms with Crippen LogP contribution in [0.4, 0.5) is 0 Å². The average Bonchev–Trinajstić information content (AvgIpc) is 1.68. The molecule has 0 aromatic carbocycles. The van der Waals surface area contributed by atoms with E-state index in [9.17, 15) is 0 Å². The zero-order chi connectivity index (χ0) is 5.91. The number of nitrogens with zero attached hydrogens (tertiary/aromatic N) is 1. The molecule has 0 aliphatic heterocycles. The molecule has 0 atom stereocenters. The molecule has 3 nitrogen and oxygen atoms in total. The van der Waals surface area contributed by atoms with Crippen molar-refractivity contribution in [2.24, 2.45) is 0 Å². The summed E-state index contributed by atoms with van der Waals surface area (Å²) < 4.78 is 0. The molecule has 0 fully saturated rings. The summed E-state index contributed by atoms with van der Waals surface area (Å²) >= 11 is 0. The van der Waals surface area contributed by atoms with Crippen LogP contribution in [0.2, 0.25) is 0 Å². The van der Waals surface area contributed by atoms with Crippen LogP contribution in [-0.2, 0) is 0 Å². The normalized spacial score (nSPS) is 12.0. The maximum atomic E-state index is 8.34. The van der Waals surface area contributed by atoms with Gasteiger partial charge in [0.2, 0.25) is 0 Å². The summed E-state index contributed by atoms with van der Waals surface area (Å²) in [6.45, 7) is -0.257. The Morgan fingerprint density at radius 2 is 1.71 bits per heavy atom. The molecular weight excluding hydrogens is 94.0 g/mol. The van der Waals surface area contributed by atoms with Crippen LogP contribution in [-0.4, -0.2) is 35.2 Å². The molecule has 3 heteroatoms. The molecule has 0 aromatic heterocycles. The quantitative estimate of drug-likeness (QED) is 0.354. The highest BCUT2D eigenvalue weighted by Gasteiger charge is 2.08. The molecule has 0 spiro atoms. The van der Waals surface area contributed by atoms with Gasteiger partial charge in [0.25, 0.3) is 0 Å². The highest BCUT2D eigenvalue weighted by molar-refractivity contribution is 4.10. The van der Waals surface area contributed by atoms with Gasteiger partial charge in [0, 0.05) is 0 Å². The van der Waals surface area contributed by atoms with Crippen LogP contribution in [0.5, 0.6) is 0 Å². The fraction of sp³-hybridized carbons (Fsp3) is 0.750. The number of aliphatic hydroxyl groups is 2. The molecule has 0 bridgehead atoms. The Morgan fingerprint density at radius 3 is 1.71 bits per heavy atom. The lowest BCUT2D eigenvalue weighted by Crippen LogP contribution is -2.38. The Hall–Kier alpha value is -0.120. The summed E-state index contributed by atoms with van der Waals surface area (Å²) in [5, 5.41) is 16.7. The second-order valence-electron chi connectivity index (χ2n) is 1.90. The van der Waals surface area contributed by atoms with Crippen molar-refractivity contribution in [1.29, 1.82) is 0 Å². The fourth-order valence-corrected chi connectivity index (χ4v) is 0.0447. The molecule has 0 amide bonds. The van der Waals surface area contributed by atoms with Gasteiger partial charge in [-0.1, -0.05) is 0 Å². The first-order valence-corrected chi connectivity index (χ1v) is 2.03. The van der Waals surface area contributed by atoms with Crippen LogP contribution in [0.3, 0.4) is 0 Å². The minimum atomic E-state index is -0.128. The first-order valence-electron chi connectivity index (χ1n) is 2.03. The Bertz CT molecular complexity index is 47.7. The van der Waals surface area contributed by atoms with Crippen LogP contribution in [0, 0.1) is 7.05 Å². The molecule has 0 saturated carbocycles. The van der Waals surface area contributed by atoms with Crippen LogP contribution in [0.15, 0.2) is 0 Å². The Kier molecular flexibility index (Phi) is 2.22. The van der Waals surface area contributed by atoms with E-state index in [-0.39, 0.29) is 17.9 Å². The summed E-state index contributed by atoms with van der Waals surface area (Å²) in [5.41, 5.74) is 0. The first-order chi connectivity index (χ1) is 3.12. The Morgan fingerprint density at radius 1 is 1.43 bits per heavy atom. The molecule has 0 aliphatic rings. The Labute approximate surface area is 43.4 Å². The lowest BCUT2D eigenvalue weighted by molar-refractivity contribution is -0.903. The molecule has 7 heavy (non-hydrogen) atoms. The summed E-state index contributed by atoms with van der Waals surface area (Å²) in [6, 6.07) is 0. The topological polar surface area (TPSA) is 40.5 Å². The largest absolute Gasteiger partial charge is 0.347 e. The summed E-state index contributed by atoms with van der Waals surface area (Å²) in [5.74, 6) is 0. The zero-order valence-corrected chi connectivity index (χ0v) is 4.46. The second kappa shape index (κ2) is 2.26. The zero-order valence-electron chi connectivity index (χ0n) is 4.46. The molecular formula is C4H11NO2+. The van der Waals surface area contributed by atoms with Crippen molar-refractivity contribution in [3.8, 4) is 0 Å². The molecule has 0 saturated heterocycles. The van der Waals surface area contributed by atoms with Crippen molar-refractivity contribution in [2.75, 3.05) is 20.5 Å². The predicted octanol–water partition coefficient (Wildman–Crippen LogP) is -0.876. The SMILES string of the molecule is [CH2][N+](C)(CO)CO. The average molecular weight is 105 g/mol. The van der Waals surface area contributed by atoms with Gasteiger partial charge in [0.05, 0.1) is 7.05 Å². The van der Waals surface area contributed by atoms with E-state index in [1.165, 1.54) is 0 Å². The van der Waals surface area contributed by atoms with Gasteiger partial charge in [-0.25, -0.2) is 0 Å². The second-order valence-corrected chi connectivity index (χ2v) is 1.90. The lowest BCUT2D eigenvalue weighted by Gasteiger charge is -2.21.